The molecule has 0 bridgehead atoms. The number of nitrogens with one attached hydrogen (secondary N) is 2. The second kappa shape index (κ2) is 7.27. The van der Waals surface area contributed by atoms with Crippen molar-refractivity contribution >= 4 is 17.7 Å². The number of para-hydroxylation sites is 1. The van der Waals surface area contributed by atoms with Gasteiger partial charge in [-0.15, -0.1) is 0 Å². The second-order valence-corrected chi connectivity index (χ2v) is 4.16. The normalized spacial score (nSPS) is 13.8. The van der Waals surface area contributed by atoms with Crippen molar-refractivity contribution in [3.8, 4) is 0 Å². The van der Waals surface area contributed by atoms with Gasteiger partial charge in [-0.3, -0.25) is 5.32 Å². The highest BCUT2D eigenvalue weighted by Gasteiger charge is 2.64. The van der Waals surface area contributed by atoms with Gasteiger partial charge in [-0.25, -0.2) is 14.0 Å². The SMILES string of the molecule is CCOC(=O)[C@](NC(=O)Nc1ccccc1F)(OC)C(F)(F)F. The molecule has 0 aliphatic carbocycles. The van der Waals surface area contributed by atoms with Crippen LogP contribution in [0, 0.1) is 5.82 Å². The van der Waals surface area contributed by atoms with Gasteiger partial charge in [0.1, 0.15) is 5.82 Å². The molecule has 0 saturated heterocycles. The van der Waals surface area contributed by atoms with Crippen molar-refractivity contribution in [3.63, 3.8) is 0 Å². The van der Waals surface area contributed by atoms with E-state index in [0.717, 1.165) is 12.1 Å². The van der Waals surface area contributed by atoms with E-state index in [1.54, 1.807) is 0 Å². The number of alkyl halides is 3. The maximum Gasteiger partial charge on any atom is 0.448 e. The zero-order valence-electron chi connectivity index (χ0n) is 12.2. The Morgan fingerprint density at radius 1 is 1.22 bits per heavy atom. The minimum absolute atomic E-state index is 0.364. The molecule has 1 aromatic rings. The second-order valence-electron chi connectivity index (χ2n) is 4.16. The summed E-state index contributed by atoms with van der Waals surface area (Å²) < 4.78 is 61.4. The van der Waals surface area contributed by atoms with Crippen molar-refractivity contribution < 1.29 is 36.6 Å². The number of ether oxygens (including phenoxy) is 2. The smallest absolute Gasteiger partial charge is 0.448 e. The van der Waals surface area contributed by atoms with E-state index in [0.29, 0.717) is 7.11 Å². The van der Waals surface area contributed by atoms with Gasteiger partial charge < -0.3 is 14.8 Å². The number of amides is 2. The molecule has 23 heavy (non-hydrogen) atoms. The van der Waals surface area contributed by atoms with Crippen LogP contribution in [0.3, 0.4) is 0 Å². The lowest BCUT2D eigenvalue weighted by Gasteiger charge is -2.32. The molecule has 1 aromatic carbocycles. The number of anilines is 1. The molecule has 2 N–H and O–H groups in total. The standard InChI is InChI=1S/C13H14F4N2O4/c1-3-23-10(20)12(22-2,13(15,16)17)19-11(21)18-9-7-5-4-6-8(9)14/h4-7H,3H2,1-2H3,(H2,18,19,21)/t12-/m0/s1. The first kappa shape index (κ1) is 18.7. The number of carbonyl (C=O) groups is 2. The van der Waals surface area contributed by atoms with Crippen molar-refractivity contribution in [2.45, 2.75) is 18.8 Å². The fourth-order valence-electron chi connectivity index (χ4n) is 1.60. The number of urea groups is 1. The van der Waals surface area contributed by atoms with Crippen molar-refractivity contribution in [2.75, 3.05) is 19.0 Å². The lowest BCUT2D eigenvalue weighted by Crippen LogP contribution is -2.66. The first-order valence-corrected chi connectivity index (χ1v) is 6.30. The van der Waals surface area contributed by atoms with E-state index >= 15 is 0 Å². The number of rotatable bonds is 5. The van der Waals surface area contributed by atoms with Crippen molar-refractivity contribution in [2.24, 2.45) is 0 Å². The van der Waals surface area contributed by atoms with Gasteiger partial charge >= 0.3 is 23.9 Å². The summed E-state index contributed by atoms with van der Waals surface area (Å²) in [4.78, 5) is 23.3. The Labute approximate surface area is 128 Å². The van der Waals surface area contributed by atoms with Gasteiger partial charge in [-0.2, -0.15) is 13.2 Å². The number of methoxy groups -OCH3 is 1. The third kappa shape index (κ3) is 4.09. The molecule has 10 heteroatoms. The van der Waals surface area contributed by atoms with Gasteiger partial charge in [0.25, 0.3) is 0 Å². The molecular formula is C13H14F4N2O4. The number of hydrogen-bond acceptors (Lipinski definition) is 4. The lowest BCUT2D eigenvalue weighted by atomic mass is 10.2. The van der Waals surface area contributed by atoms with Crippen LogP contribution < -0.4 is 10.6 Å². The molecular weight excluding hydrogens is 324 g/mol. The maximum absolute atomic E-state index is 13.4. The number of esters is 1. The van der Waals surface area contributed by atoms with E-state index in [1.807, 2.05) is 5.32 Å². The number of halogens is 4. The summed E-state index contributed by atoms with van der Waals surface area (Å²) >= 11 is 0. The summed E-state index contributed by atoms with van der Waals surface area (Å²) in [6.07, 6.45) is -5.30. The van der Waals surface area contributed by atoms with Gasteiger partial charge in [-0.1, -0.05) is 12.1 Å². The van der Waals surface area contributed by atoms with Crippen molar-refractivity contribution in [3.05, 3.63) is 30.1 Å². The average Bonchev–Trinajstić information content (AvgIpc) is 2.46. The van der Waals surface area contributed by atoms with Crippen LogP contribution in [0.15, 0.2) is 24.3 Å². The summed E-state index contributed by atoms with van der Waals surface area (Å²) in [5, 5.41) is 3.20. The maximum atomic E-state index is 13.4. The molecule has 1 rings (SSSR count). The van der Waals surface area contributed by atoms with Crippen LogP contribution in [-0.4, -0.2) is 37.6 Å². The minimum atomic E-state index is -5.30. The van der Waals surface area contributed by atoms with Crippen LogP contribution in [0.1, 0.15) is 6.92 Å². The van der Waals surface area contributed by atoms with Gasteiger partial charge in [0.2, 0.25) is 0 Å². The number of hydrogen-bond donors (Lipinski definition) is 2. The number of benzene rings is 1. The summed E-state index contributed by atoms with van der Waals surface area (Å²) in [6, 6.07) is 3.31. The zero-order valence-corrected chi connectivity index (χ0v) is 12.2. The van der Waals surface area contributed by atoms with E-state index in [-0.39, 0.29) is 12.3 Å². The van der Waals surface area contributed by atoms with Gasteiger partial charge in [0, 0.05) is 7.11 Å². The zero-order chi connectivity index (χ0) is 17.7. The highest BCUT2D eigenvalue weighted by atomic mass is 19.4. The van der Waals surface area contributed by atoms with Crippen LogP contribution in [0.2, 0.25) is 0 Å². The molecule has 6 nitrogen and oxygen atoms in total. The van der Waals surface area contributed by atoms with Crippen LogP contribution in [0.25, 0.3) is 0 Å². The number of carbonyl (C=O) groups excluding carboxylic acids is 2. The summed E-state index contributed by atoms with van der Waals surface area (Å²) in [5.41, 5.74) is -4.08. The Kier molecular flexibility index (Phi) is 5.91. The summed E-state index contributed by atoms with van der Waals surface area (Å²) in [6.45, 7) is 0.921. The first-order valence-electron chi connectivity index (χ1n) is 6.30. The molecule has 0 unspecified atom stereocenters. The Morgan fingerprint density at radius 3 is 2.30 bits per heavy atom. The Bertz CT molecular complexity index is 579. The molecule has 2 amide bonds. The van der Waals surface area contributed by atoms with Gasteiger partial charge in [0.05, 0.1) is 12.3 Å². The molecule has 0 aliphatic rings. The topological polar surface area (TPSA) is 76.7 Å². The first-order chi connectivity index (χ1) is 10.7. The molecule has 0 spiro atoms. The average molecular weight is 338 g/mol. The van der Waals surface area contributed by atoms with E-state index < -0.39 is 29.7 Å². The molecule has 0 heterocycles. The van der Waals surface area contributed by atoms with E-state index in [4.69, 9.17) is 0 Å². The predicted octanol–water partition coefficient (Wildman–Crippen LogP) is 2.42. The molecule has 0 saturated carbocycles. The molecule has 0 fully saturated rings. The summed E-state index contributed by atoms with van der Waals surface area (Å²) in [7, 11) is 0.577. The van der Waals surface area contributed by atoms with Crippen molar-refractivity contribution in [1.82, 2.24) is 5.32 Å². The Morgan fingerprint density at radius 2 is 1.83 bits per heavy atom. The molecule has 0 aromatic heterocycles. The van der Waals surface area contributed by atoms with Gasteiger partial charge in [0.15, 0.2) is 0 Å². The highest BCUT2D eigenvalue weighted by molar-refractivity contribution is 5.94. The Balaban J connectivity index is 3.03. The third-order valence-electron chi connectivity index (χ3n) is 2.68. The van der Waals surface area contributed by atoms with Crippen LogP contribution >= 0.6 is 0 Å². The highest BCUT2D eigenvalue weighted by Crippen LogP contribution is 2.32. The van der Waals surface area contributed by atoms with E-state index in [9.17, 15) is 27.2 Å². The quantitative estimate of drug-likeness (QED) is 0.491. The van der Waals surface area contributed by atoms with Crippen LogP contribution in [0.4, 0.5) is 28.0 Å². The van der Waals surface area contributed by atoms with Gasteiger partial charge in [-0.05, 0) is 19.1 Å². The molecule has 128 valence electrons. The molecule has 0 radical (unpaired) electrons. The molecule has 0 aliphatic heterocycles. The summed E-state index contributed by atoms with van der Waals surface area (Å²) in [5.74, 6) is -2.72. The van der Waals surface area contributed by atoms with E-state index in [2.05, 4.69) is 9.47 Å². The van der Waals surface area contributed by atoms with E-state index in [1.165, 1.54) is 24.4 Å². The fraction of sp³-hybridized carbons (Fsp3) is 0.385. The lowest BCUT2D eigenvalue weighted by molar-refractivity contribution is -0.276. The van der Waals surface area contributed by atoms with Crippen LogP contribution in [-0.2, 0) is 14.3 Å². The monoisotopic (exact) mass is 338 g/mol. The van der Waals surface area contributed by atoms with Crippen LogP contribution in [0.5, 0.6) is 0 Å². The Hall–Kier alpha value is -2.36. The van der Waals surface area contributed by atoms with Crippen molar-refractivity contribution in [1.29, 1.82) is 0 Å². The fourth-order valence-corrected chi connectivity index (χ4v) is 1.60. The predicted molar refractivity (Wildman–Crippen MR) is 71.0 cm³/mol. The molecule has 1 atom stereocenters. The largest absolute Gasteiger partial charge is 0.462 e. The third-order valence-corrected chi connectivity index (χ3v) is 2.68. The minimum Gasteiger partial charge on any atom is -0.462 e.